The van der Waals surface area contributed by atoms with E-state index in [4.69, 9.17) is 9.05 Å². The predicted octanol–water partition coefficient (Wildman–Crippen LogP) is 18.7. The molecule has 0 aromatic carbocycles. The molecule has 9 heteroatoms. The smallest absolute Gasteiger partial charge is 0.387 e. The van der Waals surface area contributed by atoms with Crippen LogP contribution in [0, 0.1) is 0 Å². The first-order chi connectivity index (χ1) is 36.5. The second-order valence-electron chi connectivity index (χ2n) is 21.0. The maximum Gasteiger partial charge on any atom is 0.472 e. The molecule has 0 saturated carbocycles. The minimum absolute atomic E-state index is 0.0472. The first-order valence-corrected chi connectivity index (χ1v) is 31.6. The Morgan fingerprint density at radius 3 is 1.23 bits per heavy atom. The number of nitrogens with one attached hydrogen (secondary N) is 1. The highest BCUT2D eigenvalue weighted by Crippen LogP contribution is 2.43. The second kappa shape index (κ2) is 55.4. The van der Waals surface area contributed by atoms with Crippen molar-refractivity contribution in [1.82, 2.24) is 5.32 Å². The molecule has 428 valence electrons. The van der Waals surface area contributed by atoms with Gasteiger partial charge < -0.3 is 19.8 Å². The Bertz CT molecular complexity index is 1680. The summed E-state index contributed by atoms with van der Waals surface area (Å²) in [5, 5.41) is 13.9. The summed E-state index contributed by atoms with van der Waals surface area (Å²) in [6, 6.07) is -0.879. The number of hydrogen-bond donors (Lipinski definition) is 3. The molecule has 3 unspecified atom stereocenters. The van der Waals surface area contributed by atoms with E-state index in [0.717, 1.165) is 96.3 Å². The van der Waals surface area contributed by atoms with Crippen LogP contribution in [-0.4, -0.2) is 73.4 Å². The van der Waals surface area contributed by atoms with Crippen molar-refractivity contribution in [2.75, 3.05) is 40.9 Å². The molecule has 0 radical (unpaired) electrons. The van der Waals surface area contributed by atoms with Crippen LogP contribution in [0.2, 0.25) is 0 Å². The molecule has 0 bridgehead atoms. The van der Waals surface area contributed by atoms with Gasteiger partial charge in [-0.05, 0) is 109 Å². The number of likely N-dealkylation sites (N-methyl/N-ethyl adjacent to an activating group) is 1. The number of unbranched alkanes of at least 4 members (excludes halogenated alkanes) is 20. The van der Waals surface area contributed by atoms with Gasteiger partial charge in [-0.1, -0.05) is 244 Å². The number of nitrogens with zero attached hydrogens (tertiary/aromatic N) is 1. The summed E-state index contributed by atoms with van der Waals surface area (Å²) in [4.78, 5) is 23.3. The Morgan fingerprint density at radius 2 is 0.813 bits per heavy atom. The van der Waals surface area contributed by atoms with Crippen LogP contribution in [-0.2, 0) is 18.4 Å². The molecule has 1 amide bonds. The van der Waals surface area contributed by atoms with Gasteiger partial charge in [0.05, 0.1) is 39.9 Å². The molecule has 3 N–H and O–H groups in total. The molecule has 0 aliphatic heterocycles. The lowest BCUT2D eigenvalue weighted by atomic mass is 10.0. The molecular formula is C66H114N2O6P+. The summed E-state index contributed by atoms with van der Waals surface area (Å²) in [5.41, 5.74) is 0. The lowest BCUT2D eigenvalue weighted by Gasteiger charge is -2.25. The van der Waals surface area contributed by atoms with E-state index in [1.165, 1.54) is 109 Å². The van der Waals surface area contributed by atoms with Gasteiger partial charge >= 0.3 is 7.82 Å². The van der Waals surface area contributed by atoms with E-state index < -0.39 is 20.0 Å². The van der Waals surface area contributed by atoms with Crippen LogP contribution in [0.1, 0.15) is 226 Å². The van der Waals surface area contributed by atoms with E-state index in [9.17, 15) is 19.4 Å². The molecule has 75 heavy (non-hydrogen) atoms. The highest BCUT2D eigenvalue weighted by atomic mass is 31.2. The number of amides is 1. The zero-order valence-corrected chi connectivity index (χ0v) is 49.6. The van der Waals surface area contributed by atoms with Gasteiger partial charge in [0.1, 0.15) is 13.2 Å². The SMILES string of the molecule is CC/C=C\C/C=C\C/C=C\C/C=C\C/C=C\C/C=C\C/C=C\C/C=C\CCCCCCCCCCCCCCC(=O)NC(COP(=O)(O)OCC[N+](C)(C)C)C(O)/C=C/CC/C=C/CC/C=C/CCCCCCCC. The van der Waals surface area contributed by atoms with Crippen molar-refractivity contribution in [3.8, 4) is 0 Å². The minimum Gasteiger partial charge on any atom is -0.387 e. The van der Waals surface area contributed by atoms with Gasteiger partial charge in [0.15, 0.2) is 0 Å². The maximum atomic E-state index is 13.0. The minimum atomic E-state index is -4.37. The van der Waals surface area contributed by atoms with Crippen molar-refractivity contribution in [3.63, 3.8) is 0 Å². The number of hydrogen-bond acceptors (Lipinski definition) is 5. The van der Waals surface area contributed by atoms with Crippen LogP contribution in [0.15, 0.2) is 134 Å². The zero-order valence-electron chi connectivity index (χ0n) is 48.7. The third kappa shape index (κ3) is 58.2. The highest BCUT2D eigenvalue weighted by molar-refractivity contribution is 7.47. The molecule has 3 atom stereocenters. The Labute approximate surface area is 462 Å². The average Bonchev–Trinajstić information content (AvgIpc) is 3.37. The van der Waals surface area contributed by atoms with Crippen LogP contribution in [0.3, 0.4) is 0 Å². The third-order valence-corrected chi connectivity index (χ3v) is 13.6. The largest absolute Gasteiger partial charge is 0.472 e. The molecule has 0 aliphatic carbocycles. The predicted molar refractivity (Wildman–Crippen MR) is 327 cm³/mol. The summed E-state index contributed by atoms with van der Waals surface area (Å²) in [5.74, 6) is -0.199. The number of aliphatic hydroxyl groups is 1. The van der Waals surface area contributed by atoms with Crippen LogP contribution in [0.5, 0.6) is 0 Å². The van der Waals surface area contributed by atoms with Crippen molar-refractivity contribution in [3.05, 3.63) is 134 Å². The van der Waals surface area contributed by atoms with Crippen LogP contribution < -0.4 is 5.32 Å². The number of aliphatic hydroxyl groups excluding tert-OH is 1. The Morgan fingerprint density at radius 1 is 0.467 bits per heavy atom. The van der Waals surface area contributed by atoms with Gasteiger partial charge in [-0.15, -0.1) is 0 Å². The topological polar surface area (TPSA) is 105 Å². The average molecular weight is 1060 g/mol. The Kier molecular flexibility index (Phi) is 52.9. The van der Waals surface area contributed by atoms with Gasteiger partial charge in [0, 0.05) is 6.42 Å². The summed E-state index contributed by atoms with van der Waals surface area (Å²) in [6.45, 7) is 4.65. The number of carbonyl (C=O) groups excluding carboxylic acids is 1. The van der Waals surface area contributed by atoms with Crippen LogP contribution in [0.4, 0.5) is 0 Å². The van der Waals surface area contributed by atoms with Gasteiger partial charge in [-0.2, -0.15) is 0 Å². The zero-order chi connectivity index (χ0) is 54.9. The highest BCUT2D eigenvalue weighted by Gasteiger charge is 2.27. The summed E-state index contributed by atoms with van der Waals surface area (Å²) in [7, 11) is 1.53. The molecule has 0 aromatic heterocycles. The number of phosphoric acid groups is 1. The number of quaternary nitrogens is 1. The van der Waals surface area contributed by atoms with Crippen molar-refractivity contribution < 1.29 is 32.9 Å². The number of phosphoric ester groups is 1. The second-order valence-corrected chi connectivity index (χ2v) is 22.4. The fraction of sp³-hybridized carbons (Fsp3) is 0.652. The summed E-state index contributed by atoms with van der Waals surface area (Å²) in [6.07, 6.45) is 84.2. The van der Waals surface area contributed by atoms with Gasteiger partial charge in [0.25, 0.3) is 0 Å². The molecule has 0 rings (SSSR count). The molecule has 8 nitrogen and oxygen atoms in total. The van der Waals surface area contributed by atoms with E-state index in [1.54, 1.807) is 6.08 Å². The summed E-state index contributed by atoms with van der Waals surface area (Å²) >= 11 is 0. The maximum absolute atomic E-state index is 13.0. The van der Waals surface area contributed by atoms with E-state index in [-0.39, 0.29) is 19.1 Å². The van der Waals surface area contributed by atoms with E-state index in [1.807, 2.05) is 27.2 Å². The van der Waals surface area contributed by atoms with Crippen molar-refractivity contribution in [2.24, 2.45) is 0 Å². The van der Waals surface area contributed by atoms with E-state index >= 15 is 0 Å². The lowest BCUT2D eigenvalue weighted by molar-refractivity contribution is -0.870. The first-order valence-electron chi connectivity index (χ1n) is 30.1. The van der Waals surface area contributed by atoms with Crippen LogP contribution in [0.25, 0.3) is 0 Å². The fourth-order valence-electron chi connectivity index (χ4n) is 7.91. The molecule has 0 saturated heterocycles. The number of allylic oxidation sites excluding steroid dienone is 21. The van der Waals surface area contributed by atoms with E-state index in [0.29, 0.717) is 17.4 Å². The molecule has 0 aliphatic rings. The quantitative estimate of drug-likeness (QED) is 0.0243. The van der Waals surface area contributed by atoms with Gasteiger partial charge in [-0.3, -0.25) is 13.8 Å². The lowest BCUT2D eigenvalue weighted by Crippen LogP contribution is -2.45. The number of rotatable bonds is 53. The molecule has 0 spiro atoms. The fourth-order valence-corrected chi connectivity index (χ4v) is 8.65. The Hall–Kier alpha value is -3.36. The molecule has 0 aromatic rings. The first kappa shape index (κ1) is 71.6. The van der Waals surface area contributed by atoms with Crippen molar-refractivity contribution >= 4 is 13.7 Å². The van der Waals surface area contributed by atoms with Crippen molar-refractivity contribution in [2.45, 2.75) is 238 Å². The standard InChI is InChI=1S/C66H113N2O6P/c1-6-8-10-12-14-16-18-20-22-24-25-26-27-28-29-30-31-32-33-34-35-36-37-38-39-40-41-42-43-44-46-48-50-52-54-56-58-60-66(70)67-64(63-74-75(71,72)73-62-61-68(3,4)5)65(69)59-57-55-53-51-49-47-45-23-21-19-17-15-13-11-9-7-2/h8,10,14,16,20-23,25-26,28-29,31-32,34-35,37-38,49,51,57,59,64-65,69H,6-7,9,11-13,15,17-19,24,27,30,33,36,39-48,50,52-56,58,60-63H2,1-5H3,(H-,67,70,71,72)/p+1/b10-8-,16-14-,22-20-,23-21+,26-25-,29-28-,32-31-,35-34-,38-37-,51-49+,59-57+. The third-order valence-electron chi connectivity index (χ3n) is 12.6. The van der Waals surface area contributed by atoms with Crippen molar-refractivity contribution in [1.29, 1.82) is 0 Å². The molecule has 0 fully saturated rings. The monoisotopic (exact) mass is 1060 g/mol. The van der Waals surface area contributed by atoms with Gasteiger partial charge in [0.2, 0.25) is 5.91 Å². The molecular weight excluding hydrogens is 948 g/mol. The van der Waals surface area contributed by atoms with Gasteiger partial charge in [-0.25, -0.2) is 4.57 Å². The van der Waals surface area contributed by atoms with E-state index in [2.05, 4.69) is 141 Å². The molecule has 0 heterocycles. The summed E-state index contributed by atoms with van der Waals surface area (Å²) < 4.78 is 23.7. The Balaban J connectivity index is 4.15. The normalized spacial score (nSPS) is 14.8. The van der Waals surface area contributed by atoms with Crippen LogP contribution >= 0.6 is 7.82 Å². The number of carbonyl (C=O) groups is 1.